The predicted molar refractivity (Wildman–Crippen MR) is 79.0 cm³/mol. The van der Waals surface area contributed by atoms with E-state index in [4.69, 9.17) is 21.4 Å². The van der Waals surface area contributed by atoms with Gasteiger partial charge in [0.25, 0.3) is 5.91 Å². The predicted octanol–water partition coefficient (Wildman–Crippen LogP) is 2.44. The SMILES string of the molecule is Cc1ccc(Cl)c(OC(C)C(=O)N2CCC(F)(C(=O)O)C2)c1. The van der Waals surface area contributed by atoms with Gasteiger partial charge in [-0.2, -0.15) is 0 Å². The van der Waals surface area contributed by atoms with Gasteiger partial charge in [-0.15, -0.1) is 0 Å². The van der Waals surface area contributed by atoms with Crippen molar-refractivity contribution in [1.29, 1.82) is 0 Å². The lowest BCUT2D eigenvalue weighted by Crippen LogP contribution is -2.43. The first-order valence-corrected chi connectivity index (χ1v) is 7.24. The number of hydrogen-bond donors (Lipinski definition) is 1. The van der Waals surface area contributed by atoms with Gasteiger partial charge in [0.2, 0.25) is 5.67 Å². The Morgan fingerprint density at radius 3 is 2.77 bits per heavy atom. The van der Waals surface area contributed by atoms with E-state index in [-0.39, 0.29) is 13.0 Å². The van der Waals surface area contributed by atoms with Crippen LogP contribution in [-0.4, -0.2) is 46.7 Å². The van der Waals surface area contributed by atoms with Crippen LogP contribution in [0.25, 0.3) is 0 Å². The van der Waals surface area contributed by atoms with Gasteiger partial charge < -0.3 is 14.7 Å². The van der Waals surface area contributed by atoms with Crippen LogP contribution in [0.5, 0.6) is 5.75 Å². The number of benzene rings is 1. The van der Waals surface area contributed by atoms with E-state index in [0.29, 0.717) is 10.8 Å². The van der Waals surface area contributed by atoms with Gasteiger partial charge in [-0.25, -0.2) is 9.18 Å². The average molecular weight is 330 g/mol. The van der Waals surface area contributed by atoms with Crippen molar-refractivity contribution in [3.05, 3.63) is 28.8 Å². The molecular formula is C15H17ClFNO4. The zero-order valence-corrected chi connectivity index (χ0v) is 13.1. The van der Waals surface area contributed by atoms with Crippen molar-refractivity contribution >= 4 is 23.5 Å². The van der Waals surface area contributed by atoms with Crippen molar-refractivity contribution in [2.45, 2.75) is 32.0 Å². The number of carbonyl (C=O) groups is 2. The molecule has 2 atom stereocenters. The monoisotopic (exact) mass is 329 g/mol. The quantitative estimate of drug-likeness (QED) is 0.921. The Balaban J connectivity index is 2.04. The van der Waals surface area contributed by atoms with E-state index in [1.165, 1.54) is 11.8 Å². The van der Waals surface area contributed by atoms with Crippen LogP contribution in [0.4, 0.5) is 4.39 Å². The molecule has 2 unspecified atom stereocenters. The van der Waals surface area contributed by atoms with Crippen molar-refractivity contribution in [1.82, 2.24) is 4.90 Å². The molecule has 5 nitrogen and oxygen atoms in total. The molecule has 1 aromatic rings. The molecule has 2 rings (SSSR count). The molecule has 120 valence electrons. The number of alkyl halides is 1. The molecule has 0 spiro atoms. The number of carbonyl (C=O) groups excluding carboxylic acids is 1. The van der Waals surface area contributed by atoms with Crippen molar-refractivity contribution in [3.63, 3.8) is 0 Å². The van der Waals surface area contributed by atoms with Gasteiger partial charge in [-0.05, 0) is 31.5 Å². The number of ether oxygens (including phenoxy) is 1. The summed E-state index contributed by atoms with van der Waals surface area (Å²) in [6, 6.07) is 5.18. The molecule has 1 heterocycles. The van der Waals surface area contributed by atoms with Crippen molar-refractivity contribution in [2.24, 2.45) is 0 Å². The van der Waals surface area contributed by atoms with Gasteiger partial charge in [-0.3, -0.25) is 4.79 Å². The molecule has 1 aliphatic heterocycles. The summed E-state index contributed by atoms with van der Waals surface area (Å²) in [6.45, 7) is 2.98. The summed E-state index contributed by atoms with van der Waals surface area (Å²) < 4.78 is 19.5. The van der Waals surface area contributed by atoms with E-state index in [1.807, 2.05) is 13.0 Å². The summed E-state index contributed by atoms with van der Waals surface area (Å²) in [5.41, 5.74) is -1.45. The Hall–Kier alpha value is -1.82. The van der Waals surface area contributed by atoms with Crippen LogP contribution in [0.3, 0.4) is 0 Å². The van der Waals surface area contributed by atoms with Crippen molar-refractivity contribution < 1.29 is 23.8 Å². The smallest absolute Gasteiger partial charge is 0.343 e. The third kappa shape index (κ3) is 3.32. The van der Waals surface area contributed by atoms with Crippen LogP contribution in [0.2, 0.25) is 5.02 Å². The van der Waals surface area contributed by atoms with Gasteiger partial charge in [0, 0.05) is 13.0 Å². The maximum Gasteiger partial charge on any atom is 0.343 e. The third-order valence-electron chi connectivity index (χ3n) is 3.65. The van der Waals surface area contributed by atoms with E-state index >= 15 is 0 Å². The number of halogens is 2. The molecule has 0 radical (unpaired) electrons. The summed E-state index contributed by atoms with van der Waals surface area (Å²) >= 11 is 6.00. The van der Waals surface area contributed by atoms with Gasteiger partial charge in [0.15, 0.2) is 6.10 Å². The Labute approximate surface area is 132 Å². The van der Waals surface area contributed by atoms with Crippen LogP contribution in [0.1, 0.15) is 18.9 Å². The second-order valence-electron chi connectivity index (χ2n) is 5.47. The Bertz CT molecular complexity index is 609. The molecule has 1 N–H and O–H groups in total. The number of aryl methyl sites for hydroxylation is 1. The number of carboxylic acids is 1. The fourth-order valence-corrected chi connectivity index (χ4v) is 2.50. The fourth-order valence-electron chi connectivity index (χ4n) is 2.33. The number of carboxylic acid groups (broad SMARTS) is 1. The maximum atomic E-state index is 14.0. The Morgan fingerprint density at radius 1 is 1.50 bits per heavy atom. The average Bonchev–Trinajstić information content (AvgIpc) is 2.86. The summed E-state index contributed by atoms with van der Waals surface area (Å²) in [6.07, 6.45) is -1.10. The number of rotatable bonds is 4. The standard InChI is InChI=1S/C15H17ClFNO4/c1-9-3-4-11(16)12(7-9)22-10(2)13(19)18-6-5-15(17,8-18)14(20)21/h3-4,7,10H,5-6,8H2,1-2H3,(H,20,21). The van der Waals surface area contributed by atoms with E-state index in [1.54, 1.807) is 12.1 Å². The van der Waals surface area contributed by atoms with Crippen molar-refractivity contribution in [3.8, 4) is 5.75 Å². The first kappa shape index (κ1) is 16.5. The number of aliphatic carboxylic acids is 1. The number of hydrogen-bond acceptors (Lipinski definition) is 3. The van der Waals surface area contributed by atoms with Crippen LogP contribution >= 0.6 is 11.6 Å². The minimum Gasteiger partial charge on any atom is -0.479 e. The molecule has 0 aromatic heterocycles. The Morgan fingerprint density at radius 2 is 2.18 bits per heavy atom. The molecule has 1 fully saturated rings. The zero-order valence-electron chi connectivity index (χ0n) is 12.3. The highest BCUT2D eigenvalue weighted by molar-refractivity contribution is 6.32. The number of nitrogens with zero attached hydrogens (tertiary/aromatic N) is 1. The van der Waals surface area contributed by atoms with E-state index < -0.39 is 30.2 Å². The normalized spacial score (nSPS) is 22.5. The van der Waals surface area contributed by atoms with Gasteiger partial charge in [-0.1, -0.05) is 17.7 Å². The van der Waals surface area contributed by atoms with Crippen LogP contribution in [-0.2, 0) is 9.59 Å². The van der Waals surface area contributed by atoms with E-state index in [2.05, 4.69) is 0 Å². The highest BCUT2D eigenvalue weighted by Gasteiger charge is 2.47. The molecule has 22 heavy (non-hydrogen) atoms. The van der Waals surface area contributed by atoms with Gasteiger partial charge in [0.1, 0.15) is 5.75 Å². The molecular weight excluding hydrogens is 313 g/mol. The zero-order chi connectivity index (χ0) is 16.5. The molecule has 1 amide bonds. The van der Waals surface area contributed by atoms with E-state index in [9.17, 15) is 14.0 Å². The third-order valence-corrected chi connectivity index (χ3v) is 3.96. The minimum atomic E-state index is -2.38. The highest BCUT2D eigenvalue weighted by Crippen LogP contribution is 2.29. The summed E-state index contributed by atoms with van der Waals surface area (Å²) in [5, 5.41) is 9.22. The lowest BCUT2D eigenvalue weighted by atomic mass is 10.1. The molecule has 1 saturated heterocycles. The first-order chi connectivity index (χ1) is 10.2. The second kappa shape index (κ2) is 6.12. The fraction of sp³-hybridized carbons (Fsp3) is 0.467. The molecule has 7 heteroatoms. The first-order valence-electron chi connectivity index (χ1n) is 6.87. The Kier molecular flexibility index (Phi) is 4.60. The number of likely N-dealkylation sites (tertiary alicyclic amines) is 1. The molecule has 1 aliphatic rings. The van der Waals surface area contributed by atoms with Crippen LogP contribution in [0.15, 0.2) is 18.2 Å². The number of amides is 1. The molecule has 1 aromatic carbocycles. The largest absolute Gasteiger partial charge is 0.479 e. The lowest BCUT2D eigenvalue weighted by molar-refractivity contribution is -0.150. The minimum absolute atomic E-state index is 0.0525. The van der Waals surface area contributed by atoms with E-state index in [0.717, 1.165) is 5.56 Å². The summed E-state index contributed by atoms with van der Waals surface area (Å²) in [4.78, 5) is 24.3. The lowest BCUT2D eigenvalue weighted by Gasteiger charge is -2.22. The summed E-state index contributed by atoms with van der Waals surface area (Å²) in [5.74, 6) is -1.64. The highest BCUT2D eigenvalue weighted by atomic mass is 35.5. The molecule has 0 aliphatic carbocycles. The molecule has 0 saturated carbocycles. The van der Waals surface area contributed by atoms with Crippen LogP contribution in [0, 0.1) is 6.92 Å². The van der Waals surface area contributed by atoms with Gasteiger partial charge in [0.05, 0.1) is 11.6 Å². The maximum absolute atomic E-state index is 14.0. The van der Waals surface area contributed by atoms with Gasteiger partial charge >= 0.3 is 5.97 Å². The second-order valence-corrected chi connectivity index (χ2v) is 5.88. The molecule has 0 bridgehead atoms. The summed E-state index contributed by atoms with van der Waals surface area (Å²) in [7, 11) is 0. The topological polar surface area (TPSA) is 66.8 Å². The van der Waals surface area contributed by atoms with Crippen LogP contribution < -0.4 is 4.74 Å². The van der Waals surface area contributed by atoms with Crippen molar-refractivity contribution in [2.75, 3.05) is 13.1 Å².